The van der Waals surface area contributed by atoms with Crippen LogP contribution in [0.25, 0.3) is 0 Å². The lowest BCUT2D eigenvalue weighted by molar-refractivity contribution is 0.373. The fourth-order valence-corrected chi connectivity index (χ4v) is 2.62. The highest BCUT2D eigenvalue weighted by Crippen LogP contribution is 2.11. The van der Waals surface area contributed by atoms with Crippen LogP contribution in [0.15, 0.2) is 10.9 Å². The van der Waals surface area contributed by atoms with Crippen molar-refractivity contribution in [3.05, 3.63) is 16.6 Å². The first kappa shape index (κ1) is 13.6. The van der Waals surface area contributed by atoms with Crippen molar-refractivity contribution in [3.63, 3.8) is 0 Å². The van der Waals surface area contributed by atoms with E-state index in [9.17, 15) is 8.42 Å². The molecule has 4 nitrogen and oxygen atoms in total. The molecule has 0 saturated carbocycles. The molecule has 0 aliphatic carbocycles. The average molecular weight is 262 g/mol. The molecular weight excluding hydrogens is 244 g/mol. The Bertz CT molecular complexity index is 410. The Kier molecular flexibility index (Phi) is 4.46. The maximum atomic E-state index is 11.1. The summed E-state index contributed by atoms with van der Waals surface area (Å²) in [7, 11) is -2.88. The molecule has 1 N–H and O–H groups in total. The quantitative estimate of drug-likeness (QED) is 0.843. The molecule has 0 aromatic carbocycles. The number of hydrogen-bond acceptors (Lipinski definition) is 5. The van der Waals surface area contributed by atoms with Crippen molar-refractivity contribution in [1.82, 2.24) is 10.3 Å². The van der Waals surface area contributed by atoms with E-state index in [1.807, 2.05) is 19.2 Å². The second-order valence-electron chi connectivity index (χ2n) is 4.60. The Morgan fingerprint density at radius 2 is 2.19 bits per heavy atom. The van der Waals surface area contributed by atoms with E-state index >= 15 is 0 Å². The van der Waals surface area contributed by atoms with Crippen LogP contribution in [-0.4, -0.2) is 30.9 Å². The monoisotopic (exact) mass is 262 g/mol. The number of thiazole rings is 1. The van der Waals surface area contributed by atoms with E-state index < -0.39 is 9.84 Å². The molecule has 0 saturated heterocycles. The number of nitrogens with one attached hydrogen (secondary N) is 1. The molecule has 0 atom stereocenters. The molecule has 1 aromatic rings. The summed E-state index contributed by atoms with van der Waals surface area (Å²) in [6, 6.07) is 0. The summed E-state index contributed by atoms with van der Waals surface area (Å²) in [5.74, 6) is 0.212. The SMILES string of the molecule is CC(C)(CCS(C)(=O)=O)NCc1cscn1. The molecule has 0 amide bonds. The van der Waals surface area contributed by atoms with Gasteiger partial charge in [0.2, 0.25) is 0 Å². The fourth-order valence-electron chi connectivity index (χ4n) is 1.18. The van der Waals surface area contributed by atoms with Gasteiger partial charge in [0, 0.05) is 23.7 Å². The number of sulfone groups is 1. The number of nitrogens with zero attached hydrogens (tertiary/aromatic N) is 1. The highest BCUT2D eigenvalue weighted by Gasteiger charge is 2.19. The zero-order chi connectivity index (χ0) is 12.2. The third kappa shape index (κ3) is 5.58. The summed E-state index contributed by atoms with van der Waals surface area (Å²) in [5, 5.41) is 5.30. The number of rotatable bonds is 6. The number of hydrogen-bond donors (Lipinski definition) is 1. The van der Waals surface area contributed by atoms with Crippen molar-refractivity contribution in [1.29, 1.82) is 0 Å². The van der Waals surface area contributed by atoms with Crippen molar-refractivity contribution in [2.24, 2.45) is 0 Å². The third-order valence-corrected chi connectivity index (χ3v) is 3.91. The Hall–Kier alpha value is -0.460. The summed E-state index contributed by atoms with van der Waals surface area (Å²) >= 11 is 1.56. The van der Waals surface area contributed by atoms with Gasteiger partial charge in [-0.15, -0.1) is 11.3 Å². The van der Waals surface area contributed by atoms with Gasteiger partial charge in [-0.2, -0.15) is 0 Å². The van der Waals surface area contributed by atoms with Gasteiger partial charge in [-0.1, -0.05) is 0 Å². The predicted octanol–water partition coefficient (Wildman–Crippen LogP) is 1.45. The van der Waals surface area contributed by atoms with Gasteiger partial charge in [0.05, 0.1) is 17.0 Å². The molecule has 0 bridgehead atoms. The van der Waals surface area contributed by atoms with Gasteiger partial charge in [0.1, 0.15) is 9.84 Å². The highest BCUT2D eigenvalue weighted by atomic mass is 32.2. The lowest BCUT2D eigenvalue weighted by atomic mass is 10.0. The topological polar surface area (TPSA) is 59.1 Å². The van der Waals surface area contributed by atoms with Gasteiger partial charge in [-0.3, -0.25) is 0 Å². The maximum absolute atomic E-state index is 11.1. The Morgan fingerprint density at radius 3 is 2.69 bits per heavy atom. The van der Waals surface area contributed by atoms with Gasteiger partial charge in [-0.05, 0) is 20.3 Å². The van der Waals surface area contributed by atoms with Gasteiger partial charge in [-0.25, -0.2) is 13.4 Å². The van der Waals surface area contributed by atoms with Crippen molar-refractivity contribution in [2.75, 3.05) is 12.0 Å². The largest absolute Gasteiger partial charge is 0.306 e. The molecule has 1 aromatic heterocycles. The summed E-state index contributed by atoms with van der Waals surface area (Å²) < 4.78 is 22.1. The van der Waals surface area contributed by atoms with E-state index in [1.165, 1.54) is 6.26 Å². The van der Waals surface area contributed by atoms with Crippen LogP contribution >= 0.6 is 11.3 Å². The number of aromatic nitrogens is 1. The zero-order valence-corrected chi connectivity index (χ0v) is 11.5. The molecule has 16 heavy (non-hydrogen) atoms. The minimum atomic E-state index is -2.88. The molecule has 1 heterocycles. The smallest absolute Gasteiger partial charge is 0.147 e. The predicted molar refractivity (Wildman–Crippen MR) is 67.4 cm³/mol. The van der Waals surface area contributed by atoms with E-state index in [-0.39, 0.29) is 11.3 Å². The normalized spacial score (nSPS) is 12.9. The first-order chi connectivity index (χ1) is 7.29. The molecule has 0 aliphatic rings. The minimum absolute atomic E-state index is 0.188. The summed E-state index contributed by atoms with van der Waals surface area (Å²) in [6.45, 7) is 4.69. The van der Waals surface area contributed by atoms with Crippen molar-refractivity contribution in [2.45, 2.75) is 32.4 Å². The van der Waals surface area contributed by atoms with Crippen LogP contribution < -0.4 is 5.32 Å². The third-order valence-electron chi connectivity index (χ3n) is 2.33. The highest BCUT2D eigenvalue weighted by molar-refractivity contribution is 7.90. The molecule has 1 rings (SSSR count). The summed E-state index contributed by atoms with van der Waals surface area (Å²) in [4.78, 5) is 4.17. The lowest BCUT2D eigenvalue weighted by Gasteiger charge is -2.25. The Labute approximate surface area is 101 Å². The van der Waals surface area contributed by atoms with E-state index in [4.69, 9.17) is 0 Å². The van der Waals surface area contributed by atoms with Gasteiger partial charge in [0.25, 0.3) is 0 Å². The van der Waals surface area contributed by atoms with E-state index in [2.05, 4.69) is 10.3 Å². The van der Waals surface area contributed by atoms with Crippen LogP contribution in [0.1, 0.15) is 26.0 Å². The second kappa shape index (κ2) is 5.25. The second-order valence-corrected chi connectivity index (χ2v) is 7.58. The van der Waals surface area contributed by atoms with Crippen molar-refractivity contribution < 1.29 is 8.42 Å². The van der Waals surface area contributed by atoms with Crippen LogP contribution in [0.3, 0.4) is 0 Å². The fraction of sp³-hybridized carbons (Fsp3) is 0.700. The molecule has 0 fully saturated rings. The molecule has 92 valence electrons. The van der Waals surface area contributed by atoms with Crippen LogP contribution in [0, 0.1) is 0 Å². The van der Waals surface area contributed by atoms with Crippen LogP contribution in [0.4, 0.5) is 0 Å². The van der Waals surface area contributed by atoms with Gasteiger partial charge >= 0.3 is 0 Å². The molecule has 0 radical (unpaired) electrons. The van der Waals surface area contributed by atoms with Gasteiger partial charge in [0.15, 0.2) is 0 Å². The van der Waals surface area contributed by atoms with E-state index in [0.717, 1.165) is 5.69 Å². The van der Waals surface area contributed by atoms with Gasteiger partial charge < -0.3 is 5.32 Å². The molecular formula is C10H18N2O2S2. The Morgan fingerprint density at radius 1 is 1.50 bits per heavy atom. The molecule has 0 unspecified atom stereocenters. The standard InChI is InChI=1S/C10H18N2O2S2/c1-10(2,4-5-16(3,13)14)12-6-9-7-15-8-11-9/h7-8,12H,4-6H2,1-3H3. The molecule has 0 aliphatic heterocycles. The first-order valence-corrected chi connectivity index (χ1v) is 8.09. The van der Waals surface area contributed by atoms with Crippen molar-refractivity contribution >= 4 is 21.2 Å². The van der Waals surface area contributed by atoms with Crippen LogP contribution in [-0.2, 0) is 16.4 Å². The zero-order valence-electron chi connectivity index (χ0n) is 9.86. The molecule has 0 spiro atoms. The van der Waals surface area contributed by atoms with E-state index in [0.29, 0.717) is 13.0 Å². The summed E-state index contributed by atoms with van der Waals surface area (Å²) in [5.41, 5.74) is 2.60. The maximum Gasteiger partial charge on any atom is 0.147 e. The Balaban J connectivity index is 2.39. The minimum Gasteiger partial charge on any atom is -0.306 e. The first-order valence-electron chi connectivity index (χ1n) is 5.08. The van der Waals surface area contributed by atoms with Crippen LogP contribution in [0.5, 0.6) is 0 Å². The average Bonchev–Trinajstić information content (AvgIpc) is 2.64. The molecule has 6 heteroatoms. The van der Waals surface area contributed by atoms with Crippen molar-refractivity contribution in [3.8, 4) is 0 Å². The lowest BCUT2D eigenvalue weighted by Crippen LogP contribution is -2.40. The van der Waals surface area contributed by atoms with Crippen LogP contribution in [0.2, 0.25) is 0 Å². The summed E-state index contributed by atoms with van der Waals surface area (Å²) in [6.07, 6.45) is 1.87. The van der Waals surface area contributed by atoms with E-state index in [1.54, 1.807) is 16.8 Å².